The van der Waals surface area contributed by atoms with Gasteiger partial charge in [-0.2, -0.15) is 0 Å². The molecular weight excluding hydrogens is 401 g/mol. The number of carbonyl (C=O) groups is 2. The first-order valence-electron chi connectivity index (χ1n) is 9.42. The Hall–Kier alpha value is -3.23. The summed E-state index contributed by atoms with van der Waals surface area (Å²) >= 11 is 0. The predicted octanol–water partition coefficient (Wildman–Crippen LogP) is 4.57. The molecule has 0 spiro atoms. The summed E-state index contributed by atoms with van der Waals surface area (Å²) in [6.07, 6.45) is -3.48. The highest BCUT2D eigenvalue weighted by atomic mass is 19.4. The largest absolute Gasteiger partial charge is 0.573 e. The van der Waals surface area contributed by atoms with E-state index in [1.54, 1.807) is 17.0 Å². The van der Waals surface area contributed by atoms with Crippen LogP contribution in [0.3, 0.4) is 0 Å². The molecule has 0 saturated carbocycles. The summed E-state index contributed by atoms with van der Waals surface area (Å²) < 4.78 is 45.7. The maximum absolute atomic E-state index is 12.4. The van der Waals surface area contributed by atoms with Crippen molar-refractivity contribution in [3.05, 3.63) is 60.2 Å². The SMILES string of the molecule is O=C(OCc1ccc(OC(F)(F)F)cc1)C1CCCN(C(=O)Nc2ccccc2)C1. The summed E-state index contributed by atoms with van der Waals surface area (Å²) in [5.74, 6) is -1.24. The standard InChI is InChI=1S/C21H21F3N2O4/c22-21(23,24)30-18-10-8-15(9-11-18)14-29-19(27)16-5-4-12-26(13-16)20(28)25-17-6-2-1-3-7-17/h1-3,6-11,16H,4-5,12-14H2,(H,25,28). The van der Waals surface area contributed by atoms with Gasteiger partial charge in [0.2, 0.25) is 0 Å². The van der Waals surface area contributed by atoms with Crippen molar-refractivity contribution >= 4 is 17.7 Å². The Balaban J connectivity index is 1.48. The lowest BCUT2D eigenvalue weighted by Crippen LogP contribution is -2.44. The van der Waals surface area contributed by atoms with E-state index in [4.69, 9.17) is 4.74 Å². The number of carbonyl (C=O) groups excluding carboxylic acids is 2. The lowest BCUT2D eigenvalue weighted by molar-refractivity contribution is -0.274. The second-order valence-corrected chi connectivity index (χ2v) is 6.88. The van der Waals surface area contributed by atoms with Gasteiger partial charge in [0, 0.05) is 18.8 Å². The molecule has 1 fully saturated rings. The van der Waals surface area contributed by atoms with Crippen LogP contribution in [0, 0.1) is 5.92 Å². The summed E-state index contributed by atoms with van der Waals surface area (Å²) in [6.45, 7) is 0.719. The fraction of sp³-hybridized carbons (Fsp3) is 0.333. The molecule has 2 amide bonds. The second-order valence-electron chi connectivity index (χ2n) is 6.88. The fourth-order valence-electron chi connectivity index (χ4n) is 3.14. The van der Waals surface area contributed by atoms with E-state index in [2.05, 4.69) is 10.1 Å². The highest BCUT2D eigenvalue weighted by Crippen LogP contribution is 2.23. The normalized spacial score (nSPS) is 16.6. The third-order valence-corrected chi connectivity index (χ3v) is 4.61. The molecule has 1 aliphatic rings. The number of para-hydroxylation sites is 1. The Morgan fingerprint density at radius 1 is 1.07 bits per heavy atom. The van der Waals surface area contributed by atoms with Gasteiger partial charge in [-0.25, -0.2) is 4.79 Å². The van der Waals surface area contributed by atoms with Crippen LogP contribution in [0.25, 0.3) is 0 Å². The average molecular weight is 422 g/mol. The summed E-state index contributed by atoms with van der Waals surface area (Å²) in [6, 6.07) is 13.9. The third-order valence-electron chi connectivity index (χ3n) is 4.61. The van der Waals surface area contributed by atoms with Crippen molar-refractivity contribution in [1.29, 1.82) is 0 Å². The zero-order valence-corrected chi connectivity index (χ0v) is 16.0. The first-order valence-corrected chi connectivity index (χ1v) is 9.42. The minimum Gasteiger partial charge on any atom is -0.461 e. The highest BCUT2D eigenvalue weighted by Gasteiger charge is 2.31. The molecular formula is C21H21F3N2O4. The third kappa shape index (κ3) is 6.40. The molecule has 0 radical (unpaired) electrons. The minimum absolute atomic E-state index is 0.0716. The number of nitrogens with zero attached hydrogens (tertiary/aromatic N) is 1. The van der Waals surface area contributed by atoms with Crippen LogP contribution in [0.4, 0.5) is 23.7 Å². The zero-order valence-electron chi connectivity index (χ0n) is 16.0. The molecule has 0 aromatic heterocycles. The number of halogens is 3. The number of likely N-dealkylation sites (tertiary alicyclic amines) is 1. The molecule has 1 atom stereocenters. The Labute approximate surface area is 171 Å². The van der Waals surface area contributed by atoms with E-state index in [-0.39, 0.29) is 24.9 Å². The molecule has 160 valence electrons. The summed E-state index contributed by atoms with van der Waals surface area (Å²) in [5, 5.41) is 2.79. The second kappa shape index (κ2) is 9.51. The van der Waals surface area contributed by atoms with Crippen LogP contribution in [0.5, 0.6) is 5.75 Å². The fourth-order valence-corrected chi connectivity index (χ4v) is 3.14. The number of amides is 2. The van der Waals surface area contributed by atoms with Crippen LogP contribution < -0.4 is 10.1 Å². The van der Waals surface area contributed by atoms with E-state index < -0.39 is 18.2 Å². The van der Waals surface area contributed by atoms with Gasteiger partial charge in [0.25, 0.3) is 0 Å². The van der Waals surface area contributed by atoms with Crippen molar-refractivity contribution in [2.75, 3.05) is 18.4 Å². The number of rotatable bonds is 5. The predicted molar refractivity (Wildman–Crippen MR) is 103 cm³/mol. The molecule has 1 heterocycles. The van der Waals surface area contributed by atoms with E-state index in [1.165, 1.54) is 12.1 Å². The number of nitrogens with one attached hydrogen (secondary N) is 1. The van der Waals surface area contributed by atoms with Crippen LogP contribution in [0.15, 0.2) is 54.6 Å². The molecule has 0 aliphatic carbocycles. The number of piperidine rings is 1. The van der Waals surface area contributed by atoms with Crippen molar-refractivity contribution < 1.29 is 32.2 Å². The number of ether oxygens (including phenoxy) is 2. The maximum atomic E-state index is 12.4. The van der Waals surface area contributed by atoms with Crippen LogP contribution in [0.1, 0.15) is 18.4 Å². The van der Waals surface area contributed by atoms with Crippen LogP contribution >= 0.6 is 0 Å². The van der Waals surface area contributed by atoms with E-state index in [0.717, 1.165) is 12.1 Å². The Morgan fingerprint density at radius 3 is 2.43 bits per heavy atom. The maximum Gasteiger partial charge on any atom is 0.573 e. The Kier molecular flexibility index (Phi) is 6.81. The average Bonchev–Trinajstić information content (AvgIpc) is 2.73. The topological polar surface area (TPSA) is 67.9 Å². The molecule has 2 aromatic carbocycles. The number of urea groups is 1. The molecule has 0 bridgehead atoms. The van der Waals surface area contributed by atoms with Crippen molar-refractivity contribution in [1.82, 2.24) is 4.90 Å². The first kappa shape index (κ1) is 21.5. The Bertz CT molecular complexity index is 857. The molecule has 2 aromatic rings. The summed E-state index contributed by atoms with van der Waals surface area (Å²) in [7, 11) is 0. The van der Waals surface area contributed by atoms with Gasteiger partial charge in [0.05, 0.1) is 5.92 Å². The molecule has 1 aliphatic heterocycles. The van der Waals surface area contributed by atoms with Gasteiger partial charge in [0.1, 0.15) is 12.4 Å². The number of alkyl halides is 3. The van der Waals surface area contributed by atoms with Gasteiger partial charge in [0.15, 0.2) is 0 Å². The molecule has 1 unspecified atom stereocenters. The monoisotopic (exact) mass is 422 g/mol. The summed E-state index contributed by atoms with van der Waals surface area (Å²) in [5.41, 5.74) is 1.21. The molecule has 6 nitrogen and oxygen atoms in total. The lowest BCUT2D eigenvalue weighted by atomic mass is 9.98. The first-order chi connectivity index (χ1) is 14.3. The summed E-state index contributed by atoms with van der Waals surface area (Å²) in [4.78, 5) is 26.4. The van der Waals surface area contributed by atoms with Gasteiger partial charge < -0.3 is 19.7 Å². The number of benzene rings is 2. The van der Waals surface area contributed by atoms with E-state index in [0.29, 0.717) is 30.6 Å². The van der Waals surface area contributed by atoms with E-state index in [9.17, 15) is 22.8 Å². The van der Waals surface area contributed by atoms with Gasteiger partial charge in [-0.3, -0.25) is 4.79 Å². The molecule has 9 heteroatoms. The van der Waals surface area contributed by atoms with Crippen molar-refractivity contribution in [2.24, 2.45) is 5.92 Å². The number of esters is 1. The molecule has 3 rings (SSSR count). The van der Waals surface area contributed by atoms with Gasteiger partial charge in [-0.05, 0) is 42.7 Å². The van der Waals surface area contributed by atoms with Crippen LogP contribution in [-0.4, -0.2) is 36.4 Å². The van der Waals surface area contributed by atoms with Crippen molar-refractivity contribution in [2.45, 2.75) is 25.8 Å². The van der Waals surface area contributed by atoms with Gasteiger partial charge in [-0.1, -0.05) is 30.3 Å². The van der Waals surface area contributed by atoms with Gasteiger partial charge >= 0.3 is 18.4 Å². The smallest absolute Gasteiger partial charge is 0.461 e. The van der Waals surface area contributed by atoms with E-state index in [1.807, 2.05) is 18.2 Å². The highest BCUT2D eigenvalue weighted by molar-refractivity contribution is 5.89. The molecule has 30 heavy (non-hydrogen) atoms. The number of hydrogen-bond acceptors (Lipinski definition) is 4. The number of anilines is 1. The van der Waals surface area contributed by atoms with Crippen molar-refractivity contribution in [3.8, 4) is 5.75 Å². The van der Waals surface area contributed by atoms with Crippen molar-refractivity contribution in [3.63, 3.8) is 0 Å². The zero-order chi connectivity index (χ0) is 21.6. The van der Waals surface area contributed by atoms with Crippen LogP contribution in [-0.2, 0) is 16.1 Å². The van der Waals surface area contributed by atoms with Gasteiger partial charge in [-0.15, -0.1) is 13.2 Å². The van der Waals surface area contributed by atoms with Crippen LogP contribution in [0.2, 0.25) is 0 Å². The quantitative estimate of drug-likeness (QED) is 0.717. The minimum atomic E-state index is -4.76. The van der Waals surface area contributed by atoms with E-state index >= 15 is 0 Å². The molecule has 1 saturated heterocycles. The Morgan fingerprint density at radius 2 is 1.77 bits per heavy atom. The lowest BCUT2D eigenvalue weighted by Gasteiger charge is -2.31. The number of hydrogen-bond donors (Lipinski definition) is 1. The molecule has 1 N–H and O–H groups in total.